The van der Waals surface area contributed by atoms with Crippen molar-refractivity contribution < 1.29 is 14.1 Å². The van der Waals surface area contributed by atoms with Gasteiger partial charge in [0.05, 0.1) is 29.0 Å². The summed E-state index contributed by atoms with van der Waals surface area (Å²) in [5.74, 6) is 1.64. The van der Waals surface area contributed by atoms with Gasteiger partial charge in [-0.15, -0.1) is 23.1 Å². The molecule has 0 aromatic carbocycles. The highest BCUT2D eigenvalue weighted by Crippen LogP contribution is 2.27. The molecule has 1 aliphatic heterocycles. The summed E-state index contributed by atoms with van der Waals surface area (Å²) in [6.07, 6.45) is 0. The van der Waals surface area contributed by atoms with Gasteiger partial charge in [-0.1, -0.05) is 11.2 Å². The Morgan fingerprint density at radius 1 is 1.50 bits per heavy atom. The summed E-state index contributed by atoms with van der Waals surface area (Å²) >= 11 is 3.21. The Labute approximate surface area is 137 Å². The van der Waals surface area contributed by atoms with Gasteiger partial charge < -0.3 is 14.2 Å². The van der Waals surface area contributed by atoms with Crippen LogP contribution in [-0.4, -0.2) is 47.5 Å². The number of thioether (sulfide) groups is 1. The van der Waals surface area contributed by atoms with Gasteiger partial charge in [-0.25, -0.2) is 0 Å². The van der Waals surface area contributed by atoms with Gasteiger partial charge in [-0.3, -0.25) is 4.79 Å². The Bertz CT molecular complexity index is 606. The van der Waals surface area contributed by atoms with E-state index in [0.717, 1.165) is 16.3 Å². The molecule has 0 aliphatic carbocycles. The second kappa shape index (κ2) is 7.30. The fourth-order valence-electron chi connectivity index (χ4n) is 2.24. The predicted molar refractivity (Wildman–Crippen MR) is 88.0 cm³/mol. The van der Waals surface area contributed by atoms with Gasteiger partial charge in [0.1, 0.15) is 0 Å². The van der Waals surface area contributed by atoms with Crippen LogP contribution in [0.25, 0.3) is 10.6 Å². The molecule has 1 atom stereocenters. The highest BCUT2D eigenvalue weighted by molar-refractivity contribution is 7.99. The minimum absolute atomic E-state index is 0.0833. The van der Waals surface area contributed by atoms with E-state index in [0.29, 0.717) is 32.1 Å². The first kappa shape index (κ1) is 15.6. The third-order valence-corrected chi connectivity index (χ3v) is 5.52. The number of ether oxygens (including phenoxy) is 1. The molecule has 1 aliphatic rings. The Morgan fingerprint density at radius 2 is 2.32 bits per heavy atom. The van der Waals surface area contributed by atoms with E-state index < -0.39 is 0 Å². The quantitative estimate of drug-likeness (QED) is 0.839. The number of hydrogen-bond donors (Lipinski definition) is 0. The van der Waals surface area contributed by atoms with Gasteiger partial charge in [0, 0.05) is 24.9 Å². The molecule has 0 spiro atoms. The molecule has 0 radical (unpaired) electrons. The van der Waals surface area contributed by atoms with Gasteiger partial charge in [0.15, 0.2) is 5.76 Å². The van der Waals surface area contributed by atoms with Crippen LogP contribution in [0, 0.1) is 0 Å². The molecule has 2 aromatic rings. The van der Waals surface area contributed by atoms with Crippen LogP contribution in [0.2, 0.25) is 0 Å². The Balaban J connectivity index is 1.52. The van der Waals surface area contributed by atoms with E-state index in [9.17, 15) is 4.79 Å². The number of nitrogens with zero attached hydrogens (tertiary/aromatic N) is 2. The van der Waals surface area contributed by atoms with Crippen LogP contribution in [0.15, 0.2) is 28.1 Å². The van der Waals surface area contributed by atoms with Crippen molar-refractivity contribution in [3.63, 3.8) is 0 Å². The summed E-state index contributed by atoms with van der Waals surface area (Å²) in [7, 11) is 0. The van der Waals surface area contributed by atoms with E-state index in [1.807, 2.05) is 35.4 Å². The number of rotatable bonds is 5. The van der Waals surface area contributed by atoms with Crippen LogP contribution in [0.1, 0.15) is 12.6 Å². The molecule has 3 rings (SSSR count). The molecule has 0 N–H and O–H groups in total. The maximum Gasteiger partial charge on any atom is 0.235 e. The number of carbonyl (C=O) groups is 1. The van der Waals surface area contributed by atoms with Crippen LogP contribution in [0.3, 0.4) is 0 Å². The zero-order chi connectivity index (χ0) is 15.4. The number of carbonyl (C=O) groups excluding carboxylic acids is 1. The largest absolute Gasteiger partial charge is 0.378 e. The third-order valence-electron chi connectivity index (χ3n) is 3.47. The van der Waals surface area contributed by atoms with Crippen molar-refractivity contribution in [1.82, 2.24) is 10.1 Å². The van der Waals surface area contributed by atoms with Crippen molar-refractivity contribution in [2.45, 2.75) is 17.9 Å². The number of morpholine rings is 1. The Hall–Kier alpha value is -1.31. The fraction of sp³-hybridized carbons (Fsp3) is 0.467. The van der Waals surface area contributed by atoms with Crippen LogP contribution in [0.4, 0.5) is 0 Å². The molecule has 1 amide bonds. The second-order valence-corrected chi connectivity index (χ2v) is 7.33. The molecule has 1 fully saturated rings. The molecule has 5 nitrogen and oxygen atoms in total. The molecule has 1 saturated heterocycles. The fourth-order valence-corrected chi connectivity index (χ4v) is 3.76. The molecule has 7 heteroatoms. The van der Waals surface area contributed by atoms with E-state index in [1.165, 1.54) is 0 Å². The van der Waals surface area contributed by atoms with E-state index >= 15 is 0 Å². The molecule has 22 heavy (non-hydrogen) atoms. The van der Waals surface area contributed by atoms with Gasteiger partial charge in [0.2, 0.25) is 5.91 Å². The summed E-state index contributed by atoms with van der Waals surface area (Å²) in [5, 5.41) is 6.01. The van der Waals surface area contributed by atoms with E-state index in [1.54, 1.807) is 23.1 Å². The standard InChI is InChI=1S/C15H18N2O3S2/c1-11(15(18)17-4-6-19-7-5-17)22-10-12-9-13(20-16-12)14-3-2-8-21-14/h2-3,8-9,11H,4-7,10H2,1H3/t11-/m0/s1. The Morgan fingerprint density at radius 3 is 3.05 bits per heavy atom. The number of hydrogen-bond acceptors (Lipinski definition) is 6. The first-order valence-corrected chi connectivity index (χ1v) is 9.14. The zero-order valence-corrected chi connectivity index (χ0v) is 14.0. The van der Waals surface area contributed by atoms with Gasteiger partial charge in [-0.05, 0) is 18.4 Å². The van der Waals surface area contributed by atoms with Crippen LogP contribution < -0.4 is 0 Å². The highest BCUT2D eigenvalue weighted by atomic mass is 32.2. The van der Waals surface area contributed by atoms with E-state index in [2.05, 4.69) is 5.16 Å². The van der Waals surface area contributed by atoms with Gasteiger partial charge in [0.25, 0.3) is 0 Å². The van der Waals surface area contributed by atoms with Gasteiger partial charge in [-0.2, -0.15) is 0 Å². The maximum atomic E-state index is 12.3. The van der Waals surface area contributed by atoms with Crippen LogP contribution >= 0.6 is 23.1 Å². The van der Waals surface area contributed by atoms with Crippen molar-refractivity contribution >= 4 is 29.0 Å². The highest BCUT2D eigenvalue weighted by Gasteiger charge is 2.23. The summed E-state index contributed by atoms with van der Waals surface area (Å²) in [4.78, 5) is 15.3. The lowest BCUT2D eigenvalue weighted by Crippen LogP contribution is -2.44. The molecular weight excluding hydrogens is 320 g/mol. The lowest BCUT2D eigenvalue weighted by atomic mass is 10.3. The van der Waals surface area contributed by atoms with Crippen molar-refractivity contribution in [3.8, 4) is 10.6 Å². The maximum absolute atomic E-state index is 12.3. The molecule has 0 saturated carbocycles. The summed E-state index contributed by atoms with van der Waals surface area (Å²) < 4.78 is 10.6. The summed E-state index contributed by atoms with van der Waals surface area (Å²) in [5.41, 5.74) is 0.870. The topological polar surface area (TPSA) is 55.6 Å². The predicted octanol–water partition coefficient (Wildman–Crippen LogP) is 2.88. The number of thiophene rings is 1. The van der Waals surface area contributed by atoms with E-state index in [-0.39, 0.29) is 11.2 Å². The lowest BCUT2D eigenvalue weighted by Gasteiger charge is -2.28. The molecule has 0 bridgehead atoms. The van der Waals surface area contributed by atoms with Gasteiger partial charge >= 0.3 is 0 Å². The number of amides is 1. The average molecular weight is 338 g/mol. The van der Waals surface area contributed by atoms with Crippen LogP contribution in [0.5, 0.6) is 0 Å². The van der Waals surface area contributed by atoms with Crippen molar-refractivity contribution in [2.24, 2.45) is 0 Å². The minimum Gasteiger partial charge on any atom is -0.378 e. The minimum atomic E-state index is -0.0833. The second-order valence-electron chi connectivity index (χ2n) is 5.05. The van der Waals surface area contributed by atoms with Crippen molar-refractivity contribution in [2.75, 3.05) is 26.3 Å². The SMILES string of the molecule is C[C@H](SCc1cc(-c2cccs2)on1)C(=O)N1CCOCC1. The number of aromatic nitrogens is 1. The summed E-state index contributed by atoms with van der Waals surface area (Å²) in [6.45, 7) is 4.60. The normalized spacial score (nSPS) is 16.7. The smallest absolute Gasteiger partial charge is 0.235 e. The monoisotopic (exact) mass is 338 g/mol. The molecular formula is C15H18N2O3S2. The Kier molecular flexibility index (Phi) is 5.17. The van der Waals surface area contributed by atoms with E-state index in [4.69, 9.17) is 9.26 Å². The van der Waals surface area contributed by atoms with Crippen molar-refractivity contribution in [3.05, 3.63) is 29.3 Å². The average Bonchev–Trinajstić information content (AvgIpc) is 3.23. The van der Waals surface area contributed by atoms with Crippen molar-refractivity contribution in [1.29, 1.82) is 0 Å². The third kappa shape index (κ3) is 3.71. The molecule has 2 aromatic heterocycles. The summed E-state index contributed by atoms with van der Waals surface area (Å²) in [6, 6.07) is 5.94. The first-order valence-electron chi connectivity index (χ1n) is 7.21. The first-order chi connectivity index (χ1) is 10.7. The molecule has 118 valence electrons. The molecule has 3 heterocycles. The molecule has 0 unspecified atom stereocenters. The van der Waals surface area contributed by atoms with Crippen LogP contribution in [-0.2, 0) is 15.3 Å². The zero-order valence-electron chi connectivity index (χ0n) is 12.4. The lowest BCUT2D eigenvalue weighted by molar-refractivity contribution is -0.134.